The zero-order valence-corrected chi connectivity index (χ0v) is 14.6. The van der Waals surface area contributed by atoms with Crippen molar-refractivity contribution in [3.8, 4) is 0 Å². The lowest BCUT2D eigenvalue weighted by Crippen LogP contribution is -2.39. The number of carboxylic acids is 1. The van der Waals surface area contributed by atoms with E-state index in [1.807, 2.05) is 30.3 Å². The maximum Gasteiger partial charge on any atom is 0.303 e. The van der Waals surface area contributed by atoms with E-state index in [1.54, 1.807) is 6.92 Å². The first-order valence-corrected chi connectivity index (χ1v) is 8.86. The van der Waals surface area contributed by atoms with Crippen molar-refractivity contribution in [3.05, 3.63) is 35.9 Å². The minimum absolute atomic E-state index is 0.00894. The minimum Gasteiger partial charge on any atom is -0.481 e. The highest BCUT2D eigenvalue weighted by Gasteiger charge is 2.22. The molecule has 1 aliphatic rings. The Bertz CT molecular complexity index is 542. The van der Waals surface area contributed by atoms with Gasteiger partial charge in [0.25, 0.3) is 0 Å². The highest BCUT2D eigenvalue weighted by Crippen LogP contribution is 2.19. The summed E-state index contributed by atoms with van der Waals surface area (Å²) in [5, 5.41) is 11.8. The van der Waals surface area contributed by atoms with Crippen molar-refractivity contribution >= 4 is 11.9 Å². The largest absolute Gasteiger partial charge is 0.481 e. The SMILES string of the molecule is CC(OCC1CCCCO1)C(=O)NC(CCC(=O)O)c1ccccc1. The third-order valence-electron chi connectivity index (χ3n) is 4.34. The van der Waals surface area contributed by atoms with Crippen molar-refractivity contribution in [1.29, 1.82) is 0 Å². The van der Waals surface area contributed by atoms with E-state index in [0.717, 1.165) is 31.4 Å². The molecule has 3 atom stereocenters. The number of carboxylic acid groups (broad SMARTS) is 1. The summed E-state index contributed by atoms with van der Waals surface area (Å²) >= 11 is 0. The van der Waals surface area contributed by atoms with Crippen LogP contribution in [0.1, 0.15) is 50.6 Å². The van der Waals surface area contributed by atoms with Crippen LogP contribution in [0.3, 0.4) is 0 Å². The zero-order valence-electron chi connectivity index (χ0n) is 14.6. The van der Waals surface area contributed by atoms with E-state index >= 15 is 0 Å². The van der Waals surface area contributed by atoms with Crippen LogP contribution in [0.25, 0.3) is 0 Å². The van der Waals surface area contributed by atoms with Gasteiger partial charge in [-0.3, -0.25) is 9.59 Å². The standard InChI is InChI=1S/C19H27NO5/c1-14(25-13-16-9-5-6-12-24-16)19(23)20-17(10-11-18(21)22)15-7-3-2-4-8-15/h2-4,7-8,14,16-17H,5-6,9-13H2,1H3,(H,20,23)(H,21,22). The van der Waals surface area contributed by atoms with Crippen molar-refractivity contribution in [2.45, 2.75) is 57.3 Å². The Kier molecular flexibility index (Phi) is 7.88. The number of carbonyl (C=O) groups is 2. The molecule has 0 aliphatic carbocycles. The summed E-state index contributed by atoms with van der Waals surface area (Å²) < 4.78 is 11.3. The molecule has 3 unspecified atom stereocenters. The summed E-state index contributed by atoms with van der Waals surface area (Å²) in [4.78, 5) is 23.3. The predicted molar refractivity (Wildman–Crippen MR) is 93.2 cm³/mol. The van der Waals surface area contributed by atoms with Gasteiger partial charge in [0.1, 0.15) is 6.10 Å². The molecule has 0 bridgehead atoms. The molecule has 1 fully saturated rings. The number of nitrogens with one attached hydrogen (secondary N) is 1. The van der Waals surface area contributed by atoms with E-state index in [9.17, 15) is 9.59 Å². The smallest absolute Gasteiger partial charge is 0.303 e. The van der Waals surface area contributed by atoms with Gasteiger partial charge in [-0.1, -0.05) is 30.3 Å². The van der Waals surface area contributed by atoms with Crippen LogP contribution in [0.2, 0.25) is 0 Å². The molecule has 0 aromatic heterocycles. The lowest BCUT2D eigenvalue weighted by atomic mass is 10.0. The van der Waals surface area contributed by atoms with Gasteiger partial charge in [-0.15, -0.1) is 0 Å². The average Bonchev–Trinajstić information content (AvgIpc) is 2.64. The Morgan fingerprint density at radius 1 is 1.32 bits per heavy atom. The fourth-order valence-corrected chi connectivity index (χ4v) is 2.83. The van der Waals surface area contributed by atoms with Gasteiger partial charge < -0.3 is 19.9 Å². The van der Waals surface area contributed by atoms with E-state index < -0.39 is 12.1 Å². The number of carbonyl (C=O) groups excluding carboxylic acids is 1. The number of hydrogen-bond donors (Lipinski definition) is 2. The monoisotopic (exact) mass is 349 g/mol. The van der Waals surface area contributed by atoms with Gasteiger partial charge in [0.2, 0.25) is 5.91 Å². The topological polar surface area (TPSA) is 84.9 Å². The summed E-state index contributed by atoms with van der Waals surface area (Å²) in [6.45, 7) is 2.86. The van der Waals surface area contributed by atoms with Gasteiger partial charge in [0.05, 0.1) is 18.8 Å². The maximum absolute atomic E-state index is 12.4. The summed E-state index contributed by atoms with van der Waals surface area (Å²) in [7, 11) is 0. The number of rotatable bonds is 9. The van der Waals surface area contributed by atoms with Crippen LogP contribution in [0, 0.1) is 0 Å². The first kappa shape index (κ1) is 19.4. The second-order valence-corrected chi connectivity index (χ2v) is 6.37. The molecule has 1 saturated heterocycles. The van der Waals surface area contributed by atoms with Crippen LogP contribution in [-0.4, -0.2) is 42.4 Å². The molecule has 6 heteroatoms. The third-order valence-corrected chi connectivity index (χ3v) is 4.34. The van der Waals surface area contributed by atoms with Gasteiger partial charge in [-0.25, -0.2) is 0 Å². The molecular formula is C19H27NO5. The van der Waals surface area contributed by atoms with Gasteiger partial charge in [-0.2, -0.15) is 0 Å². The summed E-state index contributed by atoms with van der Waals surface area (Å²) in [6.07, 6.45) is 2.94. The Morgan fingerprint density at radius 3 is 2.72 bits per heavy atom. The number of amides is 1. The Balaban J connectivity index is 1.87. The number of aliphatic carboxylic acids is 1. The molecule has 0 radical (unpaired) electrons. The second kappa shape index (κ2) is 10.2. The van der Waals surface area contributed by atoms with E-state index in [2.05, 4.69) is 5.32 Å². The van der Waals surface area contributed by atoms with Crippen molar-refractivity contribution in [2.24, 2.45) is 0 Å². The summed E-state index contributed by atoms with van der Waals surface area (Å²) in [6, 6.07) is 9.05. The molecule has 6 nitrogen and oxygen atoms in total. The molecule has 25 heavy (non-hydrogen) atoms. The van der Waals surface area contributed by atoms with E-state index in [1.165, 1.54) is 0 Å². The van der Waals surface area contributed by atoms with Crippen LogP contribution in [0.15, 0.2) is 30.3 Å². The zero-order chi connectivity index (χ0) is 18.1. The van der Waals surface area contributed by atoms with E-state index in [4.69, 9.17) is 14.6 Å². The van der Waals surface area contributed by atoms with Crippen LogP contribution < -0.4 is 5.32 Å². The van der Waals surface area contributed by atoms with E-state index in [-0.39, 0.29) is 24.5 Å². The maximum atomic E-state index is 12.4. The fraction of sp³-hybridized carbons (Fsp3) is 0.579. The average molecular weight is 349 g/mol. The normalized spacial score (nSPS) is 19.8. The molecule has 2 rings (SSSR count). The van der Waals surface area contributed by atoms with Crippen LogP contribution in [0.5, 0.6) is 0 Å². The van der Waals surface area contributed by atoms with E-state index in [0.29, 0.717) is 13.0 Å². The Hall–Kier alpha value is -1.92. The quantitative estimate of drug-likeness (QED) is 0.716. The lowest BCUT2D eigenvalue weighted by molar-refractivity contribution is -0.139. The van der Waals surface area contributed by atoms with Gasteiger partial charge in [0.15, 0.2) is 0 Å². The fourth-order valence-electron chi connectivity index (χ4n) is 2.83. The first-order valence-electron chi connectivity index (χ1n) is 8.86. The molecule has 1 amide bonds. The van der Waals surface area contributed by atoms with Crippen molar-refractivity contribution in [2.75, 3.05) is 13.2 Å². The third kappa shape index (κ3) is 6.84. The summed E-state index contributed by atoms with van der Waals surface area (Å²) in [5.41, 5.74) is 0.889. The predicted octanol–water partition coefficient (Wildman–Crippen LogP) is 2.68. The number of ether oxygens (including phenoxy) is 2. The molecule has 1 aromatic carbocycles. The molecular weight excluding hydrogens is 322 g/mol. The summed E-state index contributed by atoms with van der Waals surface area (Å²) in [5.74, 6) is -1.12. The lowest BCUT2D eigenvalue weighted by Gasteiger charge is -2.25. The minimum atomic E-state index is -0.881. The molecule has 2 N–H and O–H groups in total. The molecule has 0 saturated carbocycles. The Morgan fingerprint density at radius 2 is 2.08 bits per heavy atom. The van der Waals surface area contributed by atoms with Gasteiger partial charge in [-0.05, 0) is 38.2 Å². The van der Waals surface area contributed by atoms with Crippen LogP contribution in [-0.2, 0) is 19.1 Å². The molecule has 0 spiro atoms. The van der Waals surface area contributed by atoms with Gasteiger partial charge in [0, 0.05) is 13.0 Å². The van der Waals surface area contributed by atoms with Crippen molar-refractivity contribution in [1.82, 2.24) is 5.32 Å². The second-order valence-electron chi connectivity index (χ2n) is 6.37. The number of benzene rings is 1. The molecule has 1 heterocycles. The highest BCUT2D eigenvalue weighted by atomic mass is 16.5. The highest BCUT2D eigenvalue weighted by molar-refractivity contribution is 5.80. The molecule has 1 aromatic rings. The Labute approximate surface area is 148 Å². The van der Waals surface area contributed by atoms with Crippen molar-refractivity contribution in [3.63, 3.8) is 0 Å². The molecule has 1 aliphatic heterocycles. The number of hydrogen-bond acceptors (Lipinski definition) is 4. The van der Waals surface area contributed by atoms with Crippen LogP contribution in [0.4, 0.5) is 0 Å². The first-order chi connectivity index (χ1) is 12.1. The van der Waals surface area contributed by atoms with Crippen LogP contribution >= 0.6 is 0 Å². The molecule has 138 valence electrons. The van der Waals surface area contributed by atoms with Gasteiger partial charge >= 0.3 is 5.97 Å². The van der Waals surface area contributed by atoms with Crippen molar-refractivity contribution < 1.29 is 24.2 Å².